The Morgan fingerprint density at radius 2 is 1.10 bits per heavy atom. The summed E-state index contributed by atoms with van der Waals surface area (Å²) in [7, 11) is -1.77. The molecule has 0 saturated carbocycles. The Bertz CT molecular complexity index is 505. The first-order valence-corrected chi connectivity index (χ1v) is 19.9. The molecule has 0 N–H and O–H groups in total. The van der Waals surface area contributed by atoms with Crippen LogP contribution in [0, 0.1) is 0 Å². The van der Waals surface area contributed by atoms with E-state index in [1.165, 1.54) is 81.7 Å². The second kappa shape index (κ2) is 15.3. The van der Waals surface area contributed by atoms with Crippen LogP contribution < -0.4 is 0 Å². The van der Waals surface area contributed by atoms with Gasteiger partial charge in [0.2, 0.25) is 0 Å². The van der Waals surface area contributed by atoms with E-state index in [1.807, 2.05) is 7.11 Å². The summed E-state index contributed by atoms with van der Waals surface area (Å²) in [4.78, 5) is 26.9. The molecule has 6 nitrogen and oxygen atoms in total. The molecule has 0 unspecified atom stereocenters. The van der Waals surface area contributed by atoms with Crippen molar-refractivity contribution in [3.63, 3.8) is 0 Å². The van der Waals surface area contributed by atoms with Gasteiger partial charge in [-0.25, -0.2) is 0 Å². The van der Waals surface area contributed by atoms with Gasteiger partial charge in [0.25, 0.3) is 14.3 Å². The lowest BCUT2D eigenvalue weighted by Crippen LogP contribution is -2.32. The summed E-state index contributed by atoms with van der Waals surface area (Å²) >= 11 is 0. The highest BCUT2D eigenvalue weighted by Crippen LogP contribution is 2.31. The van der Waals surface area contributed by atoms with Crippen molar-refractivity contribution < 1.29 is 27.7 Å². The smallest absolute Gasteiger partial charge is 0.373 e. The Labute approximate surface area is 186 Å². The van der Waals surface area contributed by atoms with Crippen molar-refractivity contribution in [1.29, 1.82) is 0 Å². The molecule has 3 heterocycles. The first kappa shape index (κ1) is 29.4. The molecule has 3 rings (SSSR count). The van der Waals surface area contributed by atoms with E-state index in [0.717, 1.165) is 6.61 Å². The second-order valence-corrected chi connectivity index (χ2v) is 21.9. The minimum atomic E-state index is -1.50. The fourth-order valence-corrected chi connectivity index (χ4v) is 13.5. The quantitative estimate of drug-likeness (QED) is 0.482. The van der Waals surface area contributed by atoms with Crippen LogP contribution in [0.3, 0.4) is 0 Å². The third-order valence-electron chi connectivity index (χ3n) is 6.36. The van der Waals surface area contributed by atoms with Crippen molar-refractivity contribution in [3.05, 3.63) is 0 Å². The lowest BCUT2D eigenvalue weighted by Gasteiger charge is -2.19. The molecule has 3 fully saturated rings. The molecule has 0 spiro atoms. The number of hydrogen-bond donors (Lipinski definition) is 0. The molecule has 0 atom stereocenters. The van der Waals surface area contributed by atoms with Crippen molar-refractivity contribution >= 4 is 37.1 Å². The number of rotatable bonds is 4. The van der Waals surface area contributed by atoms with Crippen molar-refractivity contribution in [2.75, 3.05) is 13.7 Å². The lowest BCUT2D eigenvalue weighted by molar-refractivity contribution is -0.191. The molecule has 0 aliphatic carbocycles. The van der Waals surface area contributed by atoms with Crippen LogP contribution >= 0.6 is 0 Å². The fourth-order valence-electron chi connectivity index (χ4n) is 4.51. The predicted octanol–water partition coefficient (Wildman–Crippen LogP) is 5.73. The summed E-state index contributed by atoms with van der Waals surface area (Å²) in [6, 6.07) is 7.94. The van der Waals surface area contributed by atoms with E-state index >= 15 is 0 Å². The predicted molar refractivity (Wildman–Crippen MR) is 127 cm³/mol. The molecule has 0 amide bonds. The van der Waals surface area contributed by atoms with Gasteiger partial charge < -0.3 is 13.3 Å². The van der Waals surface area contributed by atoms with Crippen molar-refractivity contribution in [1.82, 2.24) is 0 Å². The van der Waals surface area contributed by atoms with E-state index < -0.39 is 25.0 Å². The summed E-state index contributed by atoms with van der Waals surface area (Å²) < 4.78 is 16.5. The van der Waals surface area contributed by atoms with Crippen LogP contribution in [0.2, 0.25) is 55.9 Å². The standard InChI is InChI=1S/C7H14O2Si.C7H16OSi.C6H14OSi.CO2/c1-7(8)9-10(2)5-3-4-6-10;1-3-8-9(2)6-4-5-7-9;1-7-8(2)5-3-4-6-8;2-1-3/h3-6H2,1-2H3;3-7H2,1-2H3;3-6H2,1-2H3;. The van der Waals surface area contributed by atoms with Crippen molar-refractivity contribution in [3.8, 4) is 0 Å². The van der Waals surface area contributed by atoms with Gasteiger partial charge in [0.1, 0.15) is 0 Å². The molecule has 9 heteroatoms. The van der Waals surface area contributed by atoms with E-state index in [-0.39, 0.29) is 12.1 Å². The van der Waals surface area contributed by atoms with Crippen LogP contribution in [0.15, 0.2) is 0 Å². The van der Waals surface area contributed by atoms with Gasteiger partial charge in [-0.3, -0.25) is 4.79 Å². The molecule has 3 aliphatic heterocycles. The molecule has 30 heavy (non-hydrogen) atoms. The molecule has 3 saturated heterocycles. The number of carbonyl (C=O) groups excluding carboxylic acids is 3. The second-order valence-electron chi connectivity index (χ2n) is 9.29. The summed E-state index contributed by atoms with van der Waals surface area (Å²) in [5.41, 5.74) is 0. The Morgan fingerprint density at radius 1 is 0.767 bits per heavy atom. The third kappa shape index (κ3) is 13.0. The zero-order valence-electron chi connectivity index (χ0n) is 20.1. The van der Waals surface area contributed by atoms with Gasteiger partial charge in [-0.2, -0.15) is 9.59 Å². The Balaban J connectivity index is 0.000000396. The fraction of sp³-hybridized carbons (Fsp3) is 0.905. The van der Waals surface area contributed by atoms with E-state index in [1.54, 1.807) is 0 Å². The van der Waals surface area contributed by atoms with Gasteiger partial charge >= 0.3 is 6.15 Å². The molecule has 0 bridgehead atoms. The number of carbonyl (C=O) groups is 1. The van der Waals surface area contributed by atoms with Gasteiger partial charge in [0.15, 0.2) is 16.6 Å². The van der Waals surface area contributed by atoms with Crippen molar-refractivity contribution in [2.24, 2.45) is 0 Å². The Morgan fingerprint density at radius 3 is 1.37 bits per heavy atom. The maximum Gasteiger partial charge on any atom is 0.373 e. The van der Waals surface area contributed by atoms with Crippen LogP contribution in [0.5, 0.6) is 0 Å². The lowest BCUT2D eigenvalue weighted by atomic mass is 10.4. The molecule has 3 aliphatic rings. The highest BCUT2D eigenvalue weighted by atomic mass is 28.4. The largest absolute Gasteiger partial charge is 0.520 e. The van der Waals surface area contributed by atoms with E-state index in [2.05, 4.69) is 26.6 Å². The van der Waals surface area contributed by atoms with Crippen molar-refractivity contribution in [2.45, 2.75) is 108 Å². The summed E-state index contributed by atoms with van der Waals surface area (Å²) in [5, 5.41) is 0. The summed E-state index contributed by atoms with van der Waals surface area (Å²) in [6.45, 7) is 11.4. The maximum absolute atomic E-state index is 10.6. The van der Waals surface area contributed by atoms with Crippen LogP contribution in [0.25, 0.3) is 0 Å². The molecule has 0 aromatic rings. The van der Waals surface area contributed by atoms with E-state index in [9.17, 15) is 4.79 Å². The molecule has 0 aromatic heterocycles. The summed E-state index contributed by atoms with van der Waals surface area (Å²) in [5.74, 6) is -0.0870. The first-order chi connectivity index (χ1) is 14.1. The van der Waals surface area contributed by atoms with Gasteiger partial charge in [-0.15, -0.1) is 0 Å². The van der Waals surface area contributed by atoms with Crippen LogP contribution in [-0.2, 0) is 27.7 Å². The average Bonchev–Trinajstić information content (AvgIpc) is 3.39. The topological polar surface area (TPSA) is 78.9 Å². The van der Waals surface area contributed by atoms with E-state index in [0.29, 0.717) is 0 Å². The third-order valence-corrected chi connectivity index (χ3v) is 17.6. The zero-order valence-corrected chi connectivity index (χ0v) is 23.1. The van der Waals surface area contributed by atoms with Crippen LogP contribution in [0.1, 0.15) is 52.4 Å². The SMILES string of the molecule is CC(=O)O[Si]1(C)CCCC1.CCO[Si]1(C)CCCC1.CO[Si]1(C)CCCC1.O=C=O. The normalized spacial score (nSPS) is 22.2. The molecule has 0 aromatic carbocycles. The van der Waals surface area contributed by atoms with Gasteiger partial charge in [0.05, 0.1) is 0 Å². The maximum atomic E-state index is 10.6. The Hall–Kier alpha value is -0.579. The first-order valence-electron chi connectivity index (χ1n) is 11.5. The molecular formula is C21H44O6Si3. The van der Waals surface area contributed by atoms with Gasteiger partial charge in [-0.05, 0) is 62.8 Å². The van der Waals surface area contributed by atoms with Crippen LogP contribution in [0.4, 0.5) is 0 Å². The molecule has 176 valence electrons. The number of hydrogen-bond acceptors (Lipinski definition) is 6. The summed E-state index contributed by atoms with van der Waals surface area (Å²) in [6.07, 6.45) is 8.44. The minimum Gasteiger partial charge on any atom is -0.520 e. The van der Waals surface area contributed by atoms with Gasteiger partial charge in [-0.1, -0.05) is 38.5 Å². The molecule has 0 radical (unpaired) electrons. The van der Waals surface area contributed by atoms with Gasteiger partial charge in [0, 0.05) is 20.6 Å². The highest BCUT2D eigenvalue weighted by molar-refractivity contribution is 6.74. The highest BCUT2D eigenvalue weighted by Gasteiger charge is 2.35. The molecular weight excluding hydrogens is 432 g/mol. The minimum absolute atomic E-state index is 0.0870. The monoisotopic (exact) mass is 476 g/mol. The van der Waals surface area contributed by atoms with Crippen LogP contribution in [-0.4, -0.2) is 50.8 Å². The Kier molecular flexibility index (Phi) is 15.0. The van der Waals surface area contributed by atoms with E-state index in [4.69, 9.17) is 22.9 Å². The zero-order chi connectivity index (χ0) is 23.1. The average molecular weight is 477 g/mol.